The van der Waals surface area contributed by atoms with E-state index in [1.165, 1.54) is 12.1 Å². The maximum atomic E-state index is 12.8. The zero-order valence-corrected chi connectivity index (χ0v) is 9.55. The molecule has 0 aliphatic carbocycles. The third kappa shape index (κ3) is 3.45. The molecule has 2 atom stereocenters. The Morgan fingerprint density at radius 2 is 2.13 bits per heavy atom. The molecule has 4 heteroatoms. The molecule has 0 fully saturated rings. The van der Waals surface area contributed by atoms with E-state index in [2.05, 4.69) is 5.32 Å². The Bertz CT molecular complexity index is 332. The molecule has 15 heavy (non-hydrogen) atoms. The van der Waals surface area contributed by atoms with E-state index in [-0.39, 0.29) is 24.5 Å². The molecule has 0 aliphatic heterocycles. The van der Waals surface area contributed by atoms with Crippen LogP contribution in [-0.4, -0.2) is 17.8 Å². The number of aliphatic hydroxyl groups excluding tert-OH is 1. The molecule has 0 saturated carbocycles. The quantitative estimate of drug-likeness (QED) is 0.835. The molecule has 0 radical (unpaired) electrons. The van der Waals surface area contributed by atoms with Crippen LogP contribution in [0.1, 0.15) is 25.5 Å². The minimum Gasteiger partial charge on any atom is -0.395 e. The van der Waals surface area contributed by atoms with Gasteiger partial charge in [-0.1, -0.05) is 17.7 Å². The van der Waals surface area contributed by atoms with Crippen molar-refractivity contribution in [2.24, 2.45) is 0 Å². The van der Waals surface area contributed by atoms with Gasteiger partial charge in [0.15, 0.2) is 0 Å². The minimum atomic E-state index is -0.342. The fourth-order valence-electron chi connectivity index (χ4n) is 1.42. The fourth-order valence-corrected chi connectivity index (χ4v) is 1.75. The van der Waals surface area contributed by atoms with Crippen LogP contribution in [0.15, 0.2) is 18.2 Å². The summed E-state index contributed by atoms with van der Waals surface area (Å²) in [7, 11) is 0. The van der Waals surface area contributed by atoms with Crippen molar-refractivity contribution in [2.45, 2.75) is 25.9 Å². The molecule has 84 valence electrons. The van der Waals surface area contributed by atoms with Crippen LogP contribution in [0.4, 0.5) is 4.39 Å². The Balaban J connectivity index is 2.77. The van der Waals surface area contributed by atoms with Crippen LogP contribution >= 0.6 is 11.6 Å². The summed E-state index contributed by atoms with van der Waals surface area (Å²) in [6, 6.07) is 4.29. The first-order valence-electron chi connectivity index (χ1n) is 4.86. The van der Waals surface area contributed by atoms with Crippen LogP contribution in [-0.2, 0) is 0 Å². The predicted octanol–water partition coefficient (Wildman–Crippen LogP) is 2.51. The van der Waals surface area contributed by atoms with Gasteiger partial charge in [-0.3, -0.25) is 0 Å². The molecule has 0 saturated heterocycles. The third-order valence-electron chi connectivity index (χ3n) is 2.24. The monoisotopic (exact) mass is 231 g/mol. The lowest BCUT2D eigenvalue weighted by Gasteiger charge is -2.19. The van der Waals surface area contributed by atoms with Crippen molar-refractivity contribution in [1.82, 2.24) is 5.32 Å². The molecule has 1 aromatic rings. The van der Waals surface area contributed by atoms with Crippen LogP contribution in [0.5, 0.6) is 0 Å². The van der Waals surface area contributed by atoms with Gasteiger partial charge in [0.05, 0.1) is 6.61 Å². The van der Waals surface area contributed by atoms with Gasteiger partial charge >= 0.3 is 0 Å². The summed E-state index contributed by atoms with van der Waals surface area (Å²) in [5.41, 5.74) is 0.832. The highest BCUT2D eigenvalue weighted by Crippen LogP contribution is 2.23. The first kappa shape index (κ1) is 12.4. The van der Waals surface area contributed by atoms with Gasteiger partial charge in [-0.2, -0.15) is 0 Å². The second-order valence-corrected chi connectivity index (χ2v) is 4.05. The number of nitrogens with one attached hydrogen (secondary N) is 1. The summed E-state index contributed by atoms with van der Waals surface area (Å²) < 4.78 is 12.8. The van der Waals surface area contributed by atoms with Gasteiger partial charge in [0.25, 0.3) is 0 Å². The fraction of sp³-hybridized carbons (Fsp3) is 0.455. The van der Waals surface area contributed by atoms with Crippen molar-refractivity contribution in [1.29, 1.82) is 0 Å². The summed E-state index contributed by atoms with van der Waals surface area (Å²) in [6.45, 7) is 3.85. The van der Waals surface area contributed by atoms with Gasteiger partial charge in [0.2, 0.25) is 0 Å². The second kappa shape index (κ2) is 5.45. The highest BCUT2D eigenvalue weighted by Gasteiger charge is 2.12. The Kier molecular flexibility index (Phi) is 4.51. The second-order valence-electron chi connectivity index (χ2n) is 3.64. The van der Waals surface area contributed by atoms with Crippen molar-refractivity contribution < 1.29 is 9.50 Å². The molecular formula is C11H15ClFNO. The molecule has 0 unspecified atom stereocenters. The van der Waals surface area contributed by atoms with E-state index in [9.17, 15) is 4.39 Å². The summed E-state index contributed by atoms with van der Waals surface area (Å²) in [5, 5.41) is 12.4. The van der Waals surface area contributed by atoms with Crippen molar-refractivity contribution in [2.75, 3.05) is 6.61 Å². The predicted molar refractivity (Wildman–Crippen MR) is 59.5 cm³/mol. The van der Waals surface area contributed by atoms with Crippen molar-refractivity contribution in [3.8, 4) is 0 Å². The zero-order chi connectivity index (χ0) is 11.4. The smallest absolute Gasteiger partial charge is 0.124 e. The number of hydrogen-bond acceptors (Lipinski definition) is 2. The summed E-state index contributed by atoms with van der Waals surface area (Å²) in [4.78, 5) is 0. The van der Waals surface area contributed by atoms with E-state index < -0.39 is 0 Å². The Morgan fingerprint density at radius 3 is 2.67 bits per heavy atom. The van der Waals surface area contributed by atoms with E-state index in [1.807, 2.05) is 13.8 Å². The van der Waals surface area contributed by atoms with Crippen LogP contribution in [0.2, 0.25) is 5.02 Å². The Hall–Kier alpha value is -0.640. The maximum absolute atomic E-state index is 12.8. The Morgan fingerprint density at radius 1 is 1.47 bits per heavy atom. The summed E-state index contributed by atoms with van der Waals surface area (Å²) in [5.74, 6) is -0.342. The maximum Gasteiger partial charge on any atom is 0.124 e. The van der Waals surface area contributed by atoms with E-state index >= 15 is 0 Å². The van der Waals surface area contributed by atoms with Crippen LogP contribution in [0, 0.1) is 5.82 Å². The highest BCUT2D eigenvalue weighted by atomic mass is 35.5. The first-order chi connectivity index (χ1) is 7.04. The normalized spacial score (nSPS) is 15.0. The van der Waals surface area contributed by atoms with Crippen molar-refractivity contribution in [3.05, 3.63) is 34.6 Å². The lowest BCUT2D eigenvalue weighted by Crippen LogP contribution is -2.31. The molecule has 0 spiro atoms. The molecule has 2 N–H and O–H groups in total. The van der Waals surface area contributed by atoms with E-state index in [4.69, 9.17) is 16.7 Å². The largest absolute Gasteiger partial charge is 0.395 e. The first-order valence-corrected chi connectivity index (χ1v) is 5.24. The number of rotatable bonds is 4. The number of aliphatic hydroxyl groups is 1. The van der Waals surface area contributed by atoms with Crippen LogP contribution < -0.4 is 5.32 Å². The van der Waals surface area contributed by atoms with Gasteiger partial charge in [-0.25, -0.2) is 4.39 Å². The zero-order valence-electron chi connectivity index (χ0n) is 8.80. The molecular weight excluding hydrogens is 217 g/mol. The highest BCUT2D eigenvalue weighted by molar-refractivity contribution is 6.31. The standard InChI is InChI=1S/C11H15ClFNO/c1-7(6-15)14-8(2)10-4-3-9(13)5-11(10)12/h3-5,7-8,14-15H,6H2,1-2H3/t7-,8+/m1/s1. The molecule has 0 aromatic heterocycles. The van der Waals surface area contributed by atoms with Gasteiger partial charge in [-0.05, 0) is 31.5 Å². The molecule has 0 amide bonds. The lowest BCUT2D eigenvalue weighted by atomic mass is 10.1. The van der Waals surface area contributed by atoms with Crippen molar-refractivity contribution >= 4 is 11.6 Å². The van der Waals surface area contributed by atoms with Gasteiger partial charge in [0.1, 0.15) is 5.82 Å². The number of halogens is 2. The molecule has 2 nitrogen and oxygen atoms in total. The summed E-state index contributed by atoms with van der Waals surface area (Å²) >= 11 is 5.91. The minimum absolute atomic E-state index is 0.0129. The van der Waals surface area contributed by atoms with E-state index in [1.54, 1.807) is 6.07 Å². The lowest BCUT2D eigenvalue weighted by molar-refractivity contribution is 0.243. The van der Waals surface area contributed by atoms with Crippen molar-refractivity contribution in [3.63, 3.8) is 0 Å². The van der Waals surface area contributed by atoms with Gasteiger partial charge in [-0.15, -0.1) is 0 Å². The van der Waals surface area contributed by atoms with Gasteiger partial charge < -0.3 is 10.4 Å². The average Bonchev–Trinajstić information content (AvgIpc) is 2.17. The molecule has 0 bridgehead atoms. The van der Waals surface area contributed by atoms with Gasteiger partial charge in [0, 0.05) is 17.1 Å². The summed E-state index contributed by atoms with van der Waals surface area (Å²) in [6.07, 6.45) is 0. The SMILES string of the molecule is C[C@H](CO)N[C@@H](C)c1ccc(F)cc1Cl. The average molecular weight is 232 g/mol. The van der Waals surface area contributed by atoms with Crippen LogP contribution in [0.3, 0.4) is 0 Å². The topological polar surface area (TPSA) is 32.3 Å². The van der Waals surface area contributed by atoms with E-state index in [0.717, 1.165) is 5.56 Å². The third-order valence-corrected chi connectivity index (χ3v) is 2.56. The van der Waals surface area contributed by atoms with E-state index in [0.29, 0.717) is 5.02 Å². The number of hydrogen-bond donors (Lipinski definition) is 2. The van der Waals surface area contributed by atoms with Crippen LogP contribution in [0.25, 0.3) is 0 Å². The molecule has 1 aromatic carbocycles. The molecule has 1 rings (SSSR count). The molecule has 0 heterocycles. The number of benzene rings is 1. The molecule has 0 aliphatic rings. The Labute approximate surface area is 94.1 Å².